The van der Waals surface area contributed by atoms with Gasteiger partial charge in [-0.1, -0.05) is 12.1 Å². The quantitative estimate of drug-likeness (QED) is 0.419. The summed E-state index contributed by atoms with van der Waals surface area (Å²) in [5.74, 6) is -1.36. The number of carbonyl (C=O) groups is 4. The number of anilines is 1. The third kappa shape index (κ3) is 6.21. The molecule has 2 N–H and O–H groups in total. The highest BCUT2D eigenvalue weighted by Gasteiger charge is 2.18. The number of amides is 2. The van der Waals surface area contributed by atoms with E-state index in [-0.39, 0.29) is 22.8 Å². The zero-order chi connectivity index (χ0) is 23.7. The van der Waals surface area contributed by atoms with Crippen LogP contribution in [0.1, 0.15) is 27.6 Å². The minimum absolute atomic E-state index is 0.172. The van der Waals surface area contributed by atoms with Gasteiger partial charge in [0.15, 0.2) is 23.9 Å². The van der Waals surface area contributed by atoms with Gasteiger partial charge in [-0.05, 0) is 31.2 Å². The average Bonchev–Trinajstić information content (AvgIpc) is 2.80. The zero-order valence-electron chi connectivity index (χ0n) is 18.1. The monoisotopic (exact) mass is 444 g/mol. The molecule has 0 radical (unpaired) electrons. The van der Waals surface area contributed by atoms with Crippen LogP contribution in [-0.4, -0.2) is 58.0 Å². The maximum atomic E-state index is 12.4. The van der Waals surface area contributed by atoms with Crippen LogP contribution in [0.5, 0.6) is 17.2 Å². The number of benzene rings is 2. The Bertz CT molecular complexity index is 994. The van der Waals surface area contributed by atoms with E-state index in [0.717, 1.165) is 0 Å². The van der Waals surface area contributed by atoms with Crippen LogP contribution in [-0.2, 0) is 14.3 Å². The molecule has 0 spiro atoms. The summed E-state index contributed by atoms with van der Waals surface area (Å²) in [6, 6.07) is 9.33. The minimum atomic E-state index is -0.819. The summed E-state index contributed by atoms with van der Waals surface area (Å²) in [6.07, 6.45) is 0. The summed E-state index contributed by atoms with van der Waals surface area (Å²) < 4.78 is 20.4. The third-order valence-corrected chi connectivity index (χ3v) is 4.26. The number of nitrogens with one attached hydrogen (secondary N) is 2. The molecule has 0 unspecified atom stereocenters. The number of hydrogen-bond acceptors (Lipinski definition) is 8. The summed E-state index contributed by atoms with van der Waals surface area (Å²) in [6.45, 7) is 0.333. The maximum absolute atomic E-state index is 12.4. The van der Waals surface area contributed by atoms with Gasteiger partial charge in [-0.3, -0.25) is 19.2 Å². The predicted octanol–water partition coefficient (Wildman–Crippen LogP) is 1.83. The van der Waals surface area contributed by atoms with Crippen molar-refractivity contribution >= 4 is 29.3 Å². The average molecular weight is 444 g/mol. The molecule has 0 saturated heterocycles. The van der Waals surface area contributed by atoms with E-state index < -0.39 is 30.9 Å². The molecule has 2 aromatic carbocycles. The predicted molar refractivity (Wildman–Crippen MR) is 114 cm³/mol. The SMILES string of the molecule is COc1cc(C(=O)NCC(=O)OCC(=O)Nc2ccccc2C(C)=O)cc(OC)c1OC. The summed E-state index contributed by atoms with van der Waals surface area (Å²) >= 11 is 0. The van der Waals surface area contributed by atoms with Crippen LogP contribution in [0.15, 0.2) is 36.4 Å². The number of esters is 1. The number of ether oxygens (including phenoxy) is 4. The summed E-state index contributed by atoms with van der Waals surface area (Å²) in [5, 5.41) is 4.90. The fourth-order valence-electron chi connectivity index (χ4n) is 2.75. The number of methoxy groups -OCH3 is 3. The van der Waals surface area contributed by atoms with Crippen LogP contribution < -0.4 is 24.8 Å². The van der Waals surface area contributed by atoms with Gasteiger partial charge in [0.1, 0.15) is 6.54 Å². The van der Waals surface area contributed by atoms with E-state index in [1.807, 2.05) is 0 Å². The zero-order valence-corrected chi connectivity index (χ0v) is 18.1. The Morgan fingerprint density at radius 2 is 1.53 bits per heavy atom. The Hall–Kier alpha value is -4.08. The van der Waals surface area contributed by atoms with E-state index in [1.54, 1.807) is 24.3 Å². The van der Waals surface area contributed by atoms with E-state index in [2.05, 4.69) is 10.6 Å². The minimum Gasteiger partial charge on any atom is -0.493 e. The molecule has 10 nitrogen and oxygen atoms in total. The second-order valence-electron chi connectivity index (χ2n) is 6.41. The maximum Gasteiger partial charge on any atom is 0.325 e. The number of Topliss-reactive ketones (excluding diaryl/α,β-unsaturated/α-hetero) is 1. The molecule has 0 heterocycles. The lowest BCUT2D eigenvalue weighted by Crippen LogP contribution is -2.32. The summed E-state index contributed by atoms with van der Waals surface area (Å²) in [7, 11) is 4.26. The fraction of sp³-hybridized carbons (Fsp3) is 0.273. The molecule has 32 heavy (non-hydrogen) atoms. The smallest absolute Gasteiger partial charge is 0.325 e. The van der Waals surface area contributed by atoms with Gasteiger partial charge in [-0.2, -0.15) is 0 Å². The van der Waals surface area contributed by atoms with Crippen LogP contribution in [0.2, 0.25) is 0 Å². The van der Waals surface area contributed by atoms with Crippen LogP contribution in [0.3, 0.4) is 0 Å². The van der Waals surface area contributed by atoms with Gasteiger partial charge in [-0.15, -0.1) is 0 Å². The third-order valence-electron chi connectivity index (χ3n) is 4.26. The van der Waals surface area contributed by atoms with Crippen molar-refractivity contribution in [1.29, 1.82) is 0 Å². The molecule has 2 amide bonds. The molecular weight excluding hydrogens is 420 g/mol. The first-order valence-corrected chi connectivity index (χ1v) is 9.44. The molecule has 0 fully saturated rings. The first-order chi connectivity index (χ1) is 15.3. The van der Waals surface area contributed by atoms with Crippen molar-refractivity contribution in [2.24, 2.45) is 0 Å². The molecule has 2 rings (SSSR count). The fourth-order valence-corrected chi connectivity index (χ4v) is 2.75. The highest BCUT2D eigenvalue weighted by Crippen LogP contribution is 2.38. The van der Waals surface area contributed by atoms with Crippen LogP contribution in [0.25, 0.3) is 0 Å². The summed E-state index contributed by atoms with van der Waals surface area (Å²) in [4.78, 5) is 47.9. The van der Waals surface area contributed by atoms with Crippen LogP contribution in [0.4, 0.5) is 5.69 Å². The lowest BCUT2D eigenvalue weighted by molar-refractivity contribution is -0.146. The van der Waals surface area contributed by atoms with E-state index in [9.17, 15) is 19.2 Å². The molecule has 170 valence electrons. The van der Waals surface area contributed by atoms with Crippen LogP contribution in [0, 0.1) is 0 Å². The molecular formula is C22H24N2O8. The van der Waals surface area contributed by atoms with Gasteiger partial charge >= 0.3 is 5.97 Å². The van der Waals surface area contributed by atoms with E-state index >= 15 is 0 Å². The van der Waals surface area contributed by atoms with Crippen LogP contribution >= 0.6 is 0 Å². The van der Waals surface area contributed by atoms with Crippen molar-refractivity contribution in [3.8, 4) is 17.2 Å². The van der Waals surface area contributed by atoms with Gasteiger partial charge in [0.2, 0.25) is 5.75 Å². The van der Waals surface area contributed by atoms with E-state index in [0.29, 0.717) is 17.0 Å². The van der Waals surface area contributed by atoms with Crippen molar-refractivity contribution < 1.29 is 38.1 Å². The van der Waals surface area contributed by atoms with E-state index in [1.165, 1.54) is 40.4 Å². The lowest BCUT2D eigenvalue weighted by Gasteiger charge is -2.14. The van der Waals surface area contributed by atoms with Crippen molar-refractivity contribution in [3.05, 3.63) is 47.5 Å². The Morgan fingerprint density at radius 3 is 2.09 bits per heavy atom. The van der Waals surface area contributed by atoms with Gasteiger partial charge in [-0.25, -0.2) is 0 Å². The van der Waals surface area contributed by atoms with E-state index in [4.69, 9.17) is 18.9 Å². The number of hydrogen-bond donors (Lipinski definition) is 2. The standard InChI is InChI=1S/C22H24N2O8/c1-13(25)15-7-5-6-8-16(15)24-19(26)12-32-20(27)11-23-22(28)14-9-17(29-2)21(31-4)18(10-14)30-3/h5-10H,11-12H2,1-4H3,(H,23,28)(H,24,26). The Labute approximate surface area is 184 Å². The van der Waals surface area contributed by atoms with Crippen molar-refractivity contribution in [2.75, 3.05) is 39.8 Å². The molecule has 0 aliphatic heterocycles. The van der Waals surface area contributed by atoms with Gasteiger partial charge < -0.3 is 29.6 Å². The first-order valence-electron chi connectivity index (χ1n) is 9.44. The first kappa shape index (κ1) is 24.2. The largest absolute Gasteiger partial charge is 0.493 e. The van der Waals surface area contributed by atoms with Gasteiger partial charge in [0, 0.05) is 11.1 Å². The number of ketones is 1. The topological polar surface area (TPSA) is 129 Å². The Balaban J connectivity index is 1.90. The second kappa shape index (κ2) is 11.3. The lowest BCUT2D eigenvalue weighted by atomic mass is 10.1. The molecule has 0 aliphatic carbocycles. The normalized spacial score (nSPS) is 10.0. The summed E-state index contributed by atoms with van der Waals surface area (Å²) in [5.41, 5.74) is 0.826. The second-order valence-corrected chi connectivity index (χ2v) is 6.41. The highest BCUT2D eigenvalue weighted by atomic mass is 16.5. The Kier molecular flexibility index (Phi) is 8.58. The molecule has 10 heteroatoms. The number of para-hydroxylation sites is 1. The molecule has 2 aromatic rings. The van der Waals surface area contributed by atoms with Crippen molar-refractivity contribution in [3.63, 3.8) is 0 Å². The Morgan fingerprint density at radius 1 is 0.906 bits per heavy atom. The molecule has 0 aromatic heterocycles. The van der Waals surface area contributed by atoms with Crippen molar-refractivity contribution in [2.45, 2.75) is 6.92 Å². The number of rotatable bonds is 10. The van der Waals surface area contributed by atoms with Crippen molar-refractivity contribution in [1.82, 2.24) is 5.32 Å². The highest BCUT2D eigenvalue weighted by molar-refractivity contribution is 6.04. The number of carbonyl (C=O) groups excluding carboxylic acids is 4. The molecule has 0 atom stereocenters. The molecule has 0 bridgehead atoms. The van der Waals surface area contributed by atoms with Gasteiger partial charge in [0.05, 0.1) is 27.0 Å². The molecule has 0 saturated carbocycles. The molecule has 0 aliphatic rings. The van der Waals surface area contributed by atoms with Gasteiger partial charge in [0.25, 0.3) is 11.8 Å².